The van der Waals surface area contributed by atoms with Gasteiger partial charge in [0.1, 0.15) is 5.75 Å². The van der Waals surface area contributed by atoms with E-state index in [1.165, 1.54) is 11.8 Å². The molecule has 0 saturated heterocycles. The number of aryl methyl sites for hydroxylation is 2. The Hall–Kier alpha value is -2.37. The first kappa shape index (κ1) is 12.1. The minimum Gasteiger partial charge on any atom is -0.484 e. The summed E-state index contributed by atoms with van der Waals surface area (Å²) in [6, 6.07) is 5.70. The number of hydrogen-bond donors (Lipinski definition) is 2. The van der Waals surface area contributed by atoms with Crippen LogP contribution in [0, 0.1) is 13.8 Å². The number of carbonyl (C=O) groups is 1. The summed E-state index contributed by atoms with van der Waals surface area (Å²) in [4.78, 5) is 11.5. The maximum absolute atomic E-state index is 11.5. The molecule has 2 N–H and O–H groups in total. The third kappa shape index (κ3) is 3.07. The standard InChI is InChI=1S/C12H14N4O2/c1-8-3-4-10(5-9(8)2)18-7-12(17)14-11-6-13-16-15-11/h3-6H,7H2,1-2H3,(H2,13,14,15,16,17). The minimum atomic E-state index is -0.276. The van der Waals surface area contributed by atoms with E-state index in [9.17, 15) is 4.79 Å². The molecule has 0 aliphatic carbocycles. The molecular weight excluding hydrogens is 232 g/mol. The molecule has 0 fully saturated rings. The first-order valence-corrected chi connectivity index (χ1v) is 5.51. The molecule has 1 heterocycles. The van der Waals surface area contributed by atoms with Crippen molar-refractivity contribution in [3.63, 3.8) is 0 Å². The highest BCUT2D eigenvalue weighted by Crippen LogP contribution is 2.16. The van der Waals surface area contributed by atoms with Crippen LogP contribution in [0.15, 0.2) is 24.4 Å². The molecule has 0 saturated carbocycles. The number of carbonyl (C=O) groups excluding carboxylic acids is 1. The molecule has 2 rings (SSSR count). The molecule has 0 unspecified atom stereocenters. The van der Waals surface area contributed by atoms with Gasteiger partial charge in [-0.2, -0.15) is 10.3 Å². The van der Waals surface area contributed by atoms with Crippen LogP contribution in [0.2, 0.25) is 0 Å². The van der Waals surface area contributed by atoms with Gasteiger partial charge in [0, 0.05) is 0 Å². The van der Waals surface area contributed by atoms with Crippen molar-refractivity contribution in [2.75, 3.05) is 11.9 Å². The molecule has 2 aromatic rings. The van der Waals surface area contributed by atoms with Crippen molar-refractivity contribution in [2.24, 2.45) is 0 Å². The largest absolute Gasteiger partial charge is 0.484 e. The summed E-state index contributed by atoms with van der Waals surface area (Å²) in [5.74, 6) is 0.777. The Bertz CT molecular complexity index is 537. The second kappa shape index (κ2) is 5.31. The number of ether oxygens (including phenoxy) is 1. The van der Waals surface area contributed by atoms with Crippen LogP contribution in [0.5, 0.6) is 5.75 Å². The van der Waals surface area contributed by atoms with Gasteiger partial charge in [-0.05, 0) is 37.1 Å². The van der Waals surface area contributed by atoms with Crippen molar-refractivity contribution >= 4 is 11.7 Å². The highest BCUT2D eigenvalue weighted by Gasteiger charge is 2.05. The quantitative estimate of drug-likeness (QED) is 0.855. The molecule has 0 spiro atoms. The van der Waals surface area contributed by atoms with Crippen molar-refractivity contribution in [3.05, 3.63) is 35.5 Å². The average molecular weight is 246 g/mol. The number of amides is 1. The van der Waals surface area contributed by atoms with E-state index < -0.39 is 0 Å². The number of hydrogen-bond acceptors (Lipinski definition) is 4. The molecule has 0 radical (unpaired) electrons. The van der Waals surface area contributed by atoms with Gasteiger partial charge in [-0.15, -0.1) is 5.10 Å². The van der Waals surface area contributed by atoms with E-state index in [1.54, 1.807) is 0 Å². The number of benzene rings is 1. The monoisotopic (exact) mass is 246 g/mol. The van der Waals surface area contributed by atoms with Gasteiger partial charge in [0.2, 0.25) is 0 Å². The fraction of sp³-hybridized carbons (Fsp3) is 0.250. The van der Waals surface area contributed by atoms with Gasteiger partial charge in [0.05, 0.1) is 6.20 Å². The number of nitrogens with one attached hydrogen (secondary N) is 2. The number of rotatable bonds is 4. The molecule has 0 aliphatic rings. The predicted octanol–water partition coefficient (Wildman–Crippen LogP) is 1.44. The summed E-state index contributed by atoms with van der Waals surface area (Å²) in [5.41, 5.74) is 2.32. The highest BCUT2D eigenvalue weighted by molar-refractivity contribution is 5.90. The Morgan fingerprint density at radius 2 is 2.22 bits per heavy atom. The Morgan fingerprint density at radius 1 is 1.39 bits per heavy atom. The zero-order valence-electron chi connectivity index (χ0n) is 10.2. The topological polar surface area (TPSA) is 79.9 Å². The second-order valence-electron chi connectivity index (χ2n) is 3.94. The summed E-state index contributed by atoms with van der Waals surface area (Å²) in [6.45, 7) is 3.96. The Kier molecular flexibility index (Phi) is 3.57. The molecule has 18 heavy (non-hydrogen) atoms. The number of aromatic nitrogens is 3. The lowest BCUT2D eigenvalue weighted by Gasteiger charge is -2.07. The SMILES string of the molecule is Cc1ccc(OCC(=O)Nc2cn[nH]n2)cc1C. The Morgan fingerprint density at radius 3 is 2.89 bits per heavy atom. The van der Waals surface area contributed by atoms with Crippen molar-refractivity contribution in [1.82, 2.24) is 15.4 Å². The molecule has 0 aliphatic heterocycles. The van der Waals surface area contributed by atoms with Crippen LogP contribution in [0.1, 0.15) is 11.1 Å². The third-order valence-electron chi connectivity index (χ3n) is 2.53. The van der Waals surface area contributed by atoms with Crippen LogP contribution in [-0.4, -0.2) is 27.9 Å². The average Bonchev–Trinajstić information content (AvgIpc) is 2.83. The van der Waals surface area contributed by atoms with E-state index in [0.29, 0.717) is 11.6 Å². The van der Waals surface area contributed by atoms with E-state index >= 15 is 0 Å². The molecule has 6 heteroatoms. The summed E-state index contributed by atoms with van der Waals surface area (Å²) >= 11 is 0. The van der Waals surface area contributed by atoms with Gasteiger partial charge in [-0.1, -0.05) is 6.07 Å². The molecule has 6 nitrogen and oxygen atoms in total. The van der Waals surface area contributed by atoms with Crippen molar-refractivity contribution in [3.8, 4) is 5.75 Å². The lowest BCUT2D eigenvalue weighted by Crippen LogP contribution is -2.20. The van der Waals surface area contributed by atoms with Gasteiger partial charge in [0.15, 0.2) is 12.4 Å². The summed E-state index contributed by atoms with van der Waals surface area (Å²) < 4.78 is 5.38. The predicted molar refractivity (Wildman–Crippen MR) is 66.4 cm³/mol. The molecular formula is C12H14N4O2. The van der Waals surface area contributed by atoms with Gasteiger partial charge in [0.25, 0.3) is 5.91 Å². The van der Waals surface area contributed by atoms with Crippen LogP contribution in [0.4, 0.5) is 5.82 Å². The maximum Gasteiger partial charge on any atom is 0.263 e. The third-order valence-corrected chi connectivity index (χ3v) is 2.53. The first-order chi connectivity index (χ1) is 8.65. The van der Waals surface area contributed by atoms with E-state index in [0.717, 1.165) is 5.56 Å². The molecule has 0 atom stereocenters. The summed E-state index contributed by atoms with van der Waals surface area (Å²) in [7, 11) is 0. The van der Waals surface area contributed by atoms with Crippen molar-refractivity contribution < 1.29 is 9.53 Å². The van der Waals surface area contributed by atoms with Crippen LogP contribution < -0.4 is 10.1 Å². The lowest BCUT2D eigenvalue weighted by atomic mass is 10.1. The van der Waals surface area contributed by atoms with E-state index in [4.69, 9.17) is 4.74 Å². The first-order valence-electron chi connectivity index (χ1n) is 5.51. The van der Waals surface area contributed by atoms with Crippen LogP contribution in [0.3, 0.4) is 0 Å². The van der Waals surface area contributed by atoms with Crippen LogP contribution >= 0.6 is 0 Å². The van der Waals surface area contributed by atoms with Crippen molar-refractivity contribution in [2.45, 2.75) is 13.8 Å². The number of anilines is 1. The molecule has 0 bridgehead atoms. The number of aromatic amines is 1. The summed E-state index contributed by atoms with van der Waals surface area (Å²) in [6.07, 6.45) is 1.42. The minimum absolute atomic E-state index is 0.0602. The number of nitrogens with zero attached hydrogens (tertiary/aromatic N) is 2. The molecule has 1 aromatic heterocycles. The van der Waals surface area contributed by atoms with Crippen LogP contribution in [0.25, 0.3) is 0 Å². The molecule has 1 aromatic carbocycles. The smallest absolute Gasteiger partial charge is 0.263 e. The molecule has 94 valence electrons. The lowest BCUT2D eigenvalue weighted by molar-refractivity contribution is -0.118. The fourth-order valence-corrected chi connectivity index (χ4v) is 1.39. The van der Waals surface area contributed by atoms with Gasteiger partial charge < -0.3 is 10.1 Å². The number of H-pyrrole nitrogens is 1. The van der Waals surface area contributed by atoms with Crippen LogP contribution in [-0.2, 0) is 4.79 Å². The van der Waals surface area contributed by atoms with E-state index in [2.05, 4.69) is 20.7 Å². The van der Waals surface area contributed by atoms with E-state index in [1.807, 2.05) is 32.0 Å². The highest BCUT2D eigenvalue weighted by atomic mass is 16.5. The Labute approximate surface area is 104 Å². The normalized spacial score (nSPS) is 10.1. The van der Waals surface area contributed by atoms with Crippen molar-refractivity contribution in [1.29, 1.82) is 0 Å². The Balaban J connectivity index is 1.87. The zero-order valence-corrected chi connectivity index (χ0v) is 10.2. The van der Waals surface area contributed by atoms with Gasteiger partial charge in [-0.3, -0.25) is 4.79 Å². The van der Waals surface area contributed by atoms with Gasteiger partial charge in [-0.25, -0.2) is 0 Å². The summed E-state index contributed by atoms with van der Waals surface area (Å²) in [5, 5.41) is 12.3. The zero-order chi connectivity index (χ0) is 13.0. The second-order valence-corrected chi connectivity index (χ2v) is 3.94. The fourth-order valence-electron chi connectivity index (χ4n) is 1.39. The van der Waals surface area contributed by atoms with E-state index in [-0.39, 0.29) is 12.5 Å². The molecule has 1 amide bonds. The maximum atomic E-state index is 11.5. The van der Waals surface area contributed by atoms with Gasteiger partial charge >= 0.3 is 0 Å².